The molecule has 0 saturated heterocycles. The van der Waals surface area contributed by atoms with Crippen molar-refractivity contribution < 1.29 is 13.9 Å². The Hall–Kier alpha value is -2.56. The van der Waals surface area contributed by atoms with Gasteiger partial charge in [0.15, 0.2) is 11.6 Å². The SMILES string of the molecule is CNc1nc(NC2CCC(NC(=O)OC(C)(C)C)CC2)c(F)cc1C#N. The van der Waals surface area contributed by atoms with Crippen LogP contribution in [0.15, 0.2) is 6.07 Å². The summed E-state index contributed by atoms with van der Waals surface area (Å²) in [5.41, 5.74) is -0.354. The number of pyridine rings is 1. The zero-order valence-electron chi connectivity index (χ0n) is 15.6. The van der Waals surface area contributed by atoms with E-state index in [4.69, 9.17) is 10.00 Å². The molecule has 1 aliphatic rings. The monoisotopic (exact) mass is 363 g/mol. The van der Waals surface area contributed by atoms with Crippen LogP contribution in [0, 0.1) is 17.1 Å². The highest BCUT2D eigenvalue weighted by Crippen LogP contribution is 2.25. The highest BCUT2D eigenvalue weighted by molar-refractivity contribution is 5.68. The molecule has 142 valence electrons. The van der Waals surface area contributed by atoms with E-state index in [1.54, 1.807) is 7.05 Å². The predicted octanol–water partition coefficient (Wildman–Crippen LogP) is 3.38. The van der Waals surface area contributed by atoms with Crippen molar-refractivity contribution in [2.45, 2.75) is 64.1 Å². The van der Waals surface area contributed by atoms with Gasteiger partial charge in [0.1, 0.15) is 17.5 Å². The molecule has 0 unspecified atom stereocenters. The number of hydrogen-bond donors (Lipinski definition) is 3. The highest BCUT2D eigenvalue weighted by Gasteiger charge is 2.25. The molecule has 1 saturated carbocycles. The minimum absolute atomic E-state index is 0.0505. The minimum Gasteiger partial charge on any atom is -0.444 e. The van der Waals surface area contributed by atoms with E-state index in [9.17, 15) is 9.18 Å². The number of nitrogens with zero attached hydrogens (tertiary/aromatic N) is 2. The van der Waals surface area contributed by atoms with Crippen LogP contribution in [-0.4, -0.2) is 35.8 Å². The second-order valence-corrected chi connectivity index (χ2v) is 7.42. The van der Waals surface area contributed by atoms with E-state index in [2.05, 4.69) is 20.9 Å². The van der Waals surface area contributed by atoms with Gasteiger partial charge in [-0.3, -0.25) is 0 Å². The molecule has 2 rings (SSSR count). The van der Waals surface area contributed by atoms with E-state index in [-0.39, 0.29) is 23.5 Å². The molecule has 0 radical (unpaired) electrons. The Bertz CT molecular complexity index is 688. The molecule has 0 spiro atoms. The van der Waals surface area contributed by atoms with Crippen LogP contribution in [0.3, 0.4) is 0 Å². The first-order chi connectivity index (χ1) is 12.2. The van der Waals surface area contributed by atoms with Gasteiger partial charge < -0.3 is 20.7 Å². The number of alkyl carbamates (subject to hydrolysis) is 1. The molecule has 7 nitrogen and oxygen atoms in total. The lowest BCUT2D eigenvalue weighted by Gasteiger charge is -2.30. The van der Waals surface area contributed by atoms with Crippen LogP contribution in [0.4, 0.5) is 20.8 Å². The summed E-state index contributed by atoms with van der Waals surface area (Å²) in [6, 6.07) is 3.20. The molecule has 0 aromatic carbocycles. The molecule has 1 aliphatic carbocycles. The van der Waals surface area contributed by atoms with Gasteiger partial charge in [-0.2, -0.15) is 5.26 Å². The third-order valence-electron chi connectivity index (χ3n) is 4.12. The lowest BCUT2D eigenvalue weighted by molar-refractivity contribution is 0.0492. The van der Waals surface area contributed by atoms with E-state index < -0.39 is 17.5 Å². The van der Waals surface area contributed by atoms with Gasteiger partial charge in [-0.1, -0.05) is 0 Å². The number of carbonyl (C=O) groups is 1. The average molecular weight is 363 g/mol. The van der Waals surface area contributed by atoms with E-state index in [1.165, 1.54) is 6.07 Å². The number of amides is 1. The number of nitrogens with one attached hydrogen (secondary N) is 3. The average Bonchev–Trinajstić information content (AvgIpc) is 2.56. The second-order valence-electron chi connectivity index (χ2n) is 7.42. The summed E-state index contributed by atoms with van der Waals surface area (Å²) in [6.07, 6.45) is 2.68. The van der Waals surface area contributed by atoms with Crippen LogP contribution >= 0.6 is 0 Å². The molecule has 1 aromatic rings. The zero-order valence-corrected chi connectivity index (χ0v) is 15.6. The Morgan fingerprint density at radius 1 is 1.27 bits per heavy atom. The van der Waals surface area contributed by atoms with Crippen molar-refractivity contribution in [1.29, 1.82) is 5.26 Å². The number of halogens is 1. The minimum atomic E-state index is -0.547. The normalized spacial score (nSPS) is 20.0. The van der Waals surface area contributed by atoms with E-state index >= 15 is 0 Å². The van der Waals surface area contributed by atoms with Crippen LogP contribution in [0.25, 0.3) is 0 Å². The number of nitriles is 1. The van der Waals surface area contributed by atoms with Crippen molar-refractivity contribution in [1.82, 2.24) is 10.3 Å². The van der Waals surface area contributed by atoms with Crippen LogP contribution in [0.5, 0.6) is 0 Å². The molecule has 0 aliphatic heterocycles. The van der Waals surface area contributed by atoms with E-state index in [1.807, 2.05) is 26.8 Å². The Balaban J connectivity index is 1.89. The molecule has 0 atom stereocenters. The van der Waals surface area contributed by atoms with Gasteiger partial charge in [-0.25, -0.2) is 14.2 Å². The fourth-order valence-electron chi connectivity index (χ4n) is 2.92. The van der Waals surface area contributed by atoms with Crippen LogP contribution in [0.1, 0.15) is 52.0 Å². The van der Waals surface area contributed by atoms with Gasteiger partial charge in [0, 0.05) is 19.1 Å². The van der Waals surface area contributed by atoms with Gasteiger partial charge in [-0.05, 0) is 52.5 Å². The van der Waals surface area contributed by atoms with Crippen molar-refractivity contribution in [3.05, 3.63) is 17.4 Å². The van der Waals surface area contributed by atoms with Crippen molar-refractivity contribution in [2.75, 3.05) is 17.7 Å². The summed E-state index contributed by atoms with van der Waals surface area (Å²) in [5, 5.41) is 17.8. The molecule has 1 aromatic heterocycles. The van der Waals surface area contributed by atoms with Crippen LogP contribution in [-0.2, 0) is 4.74 Å². The Morgan fingerprint density at radius 3 is 2.42 bits per heavy atom. The van der Waals surface area contributed by atoms with E-state index in [0.717, 1.165) is 25.7 Å². The summed E-state index contributed by atoms with van der Waals surface area (Å²) >= 11 is 0. The van der Waals surface area contributed by atoms with Gasteiger partial charge >= 0.3 is 6.09 Å². The number of anilines is 2. The first kappa shape index (κ1) is 19.8. The number of carbonyl (C=O) groups excluding carboxylic acids is 1. The van der Waals surface area contributed by atoms with Crippen molar-refractivity contribution in [3.8, 4) is 6.07 Å². The number of hydrogen-bond acceptors (Lipinski definition) is 6. The molecule has 1 heterocycles. The molecule has 8 heteroatoms. The summed E-state index contributed by atoms with van der Waals surface area (Å²) in [6.45, 7) is 5.48. The lowest BCUT2D eigenvalue weighted by atomic mass is 9.91. The summed E-state index contributed by atoms with van der Waals surface area (Å²) < 4.78 is 19.4. The topological polar surface area (TPSA) is 99.1 Å². The maximum Gasteiger partial charge on any atom is 0.407 e. The maximum atomic E-state index is 14.1. The molecular formula is C18H26FN5O2. The molecular weight excluding hydrogens is 337 g/mol. The van der Waals surface area contributed by atoms with Crippen LogP contribution in [0.2, 0.25) is 0 Å². The number of ether oxygens (including phenoxy) is 1. The van der Waals surface area contributed by atoms with E-state index in [0.29, 0.717) is 5.82 Å². The molecule has 1 amide bonds. The third kappa shape index (κ3) is 5.48. The first-order valence-electron chi connectivity index (χ1n) is 8.76. The molecule has 1 fully saturated rings. The molecule has 3 N–H and O–H groups in total. The Labute approximate surface area is 153 Å². The van der Waals surface area contributed by atoms with Crippen LogP contribution < -0.4 is 16.0 Å². The van der Waals surface area contributed by atoms with Gasteiger partial charge in [0.25, 0.3) is 0 Å². The number of aromatic nitrogens is 1. The quantitative estimate of drug-likeness (QED) is 0.758. The van der Waals surface area contributed by atoms with Crippen molar-refractivity contribution in [3.63, 3.8) is 0 Å². The van der Waals surface area contributed by atoms with Crippen molar-refractivity contribution in [2.24, 2.45) is 0 Å². The molecule has 0 bridgehead atoms. The number of rotatable bonds is 4. The fourth-order valence-corrected chi connectivity index (χ4v) is 2.92. The predicted molar refractivity (Wildman–Crippen MR) is 97.5 cm³/mol. The standard InChI is InChI=1S/C18H26FN5O2/c1-18(2,3)26-17(25)23-13-7-5-12(6-8-13)22-16-14(19)9-11(10-20)15(21-4)24-16/h9,12-13H,5-8H2,1-4H3,(H,23,25)(H2,21,22,24). The Morgan fingerprint density at radius 2 is 1.88 bits per heavy atom. The second kappa shape index (κ2) is 8.21. The zero-order chi connectivity index (χ0) is 19.3. The van der Waals surface area contributed by atoms with Gasteiger partial charge in [0.2, 0.25) is 0 Å². The maximum absolute atomic E-state index is 14.1. The highest BCUT2D eigenvalue weighted by atomic mass is 19.1. The van der Waals surface area contributed by atoms with Crippen molar-refractivity contribution >= 4 is 17.7 Å². The fraction of sp³-hybridized carbons (Fsp3) is 0.611. The van der Waals surface area contributed by atoms with Gasteiger partial charge in [0.05, 0.1) is 5.56 Å². The first-order valence-corrected chi connectivity index (χ1v) is 8.76. The van der Waals surface area contributed by atoms with Gasteiger partial charge in [-0.15, -0.1) is 0 Å². The smallest absolute Gasteiger partial charge is 0.407 e. The third-order valence-corrected chi connectivity index (χ3v) is 4.12. The summed E-state index contributed by atoms with van der Waals surface area (Å²) in [4.78, 5) is 16.0. The summed E-state index contributed by atoms with van der Waals surface area (Å²) in [7, 11) is 1.64. The Kier molecular flexibility index (Phi) is 6.24. The summed E-state index contributed by atoms with van der Waals surface area (Å²) in [5.74, 6) is -0.0665. The lowest BCUT2D eigenvalue weighted by Crippen LogP contribution is -2.42. The molecule has 26 heavy (non-hydrogen) atoms. The largest absolute Gasteiger partial charge is 0.444 e.